The summed E-state index contributed by atoms with van der Waals surface area (Å²) >= 11 is 0. The minimum Gasteiger partial charge on any atom is -0.480 e. The van der Waals surface area contributed by atoms with Gasteiger partial charge in [0.15, 0.2) is 6.29 Å². The van der Waals surface area contributed by atoms with Crippen molar-refractivity contribution in [3.05, 3.63) is 0 Å². The predicted molar refractivity (Wildman–Crippen MR) is 153 cm³/mol. The molecule has 46 heavy (non-hydrogen) atoms. The Balaban J connectivity index is 2.73. The highest BCUT2D eigenvalue weighted by atomic mass is 16.6. The number of aliphatic hydroxyl groups is 3. The minimum atomic E-state index is -1.70. The molecular weight excluding hydrogens is 620 g/mol. The van der Waals surface area contributed by atoms with Gasteiger partial charge in [-0.2, -0.15) is 0 Å². The van der Waals surface area contributed by atoms with Crippen LogP contribution < -0.4 is 32.7 Å². The Kier molecular flexibility index (Phi) is 16.5. The van der Waals surface area contributed by atoms with Crippen molar-refractivity contribution >= 4 is 41.5 Å². The molecule has 0 saturated carbocycles. The monoisotopic (exact) mass is 664 g/mol. The highest BCUT2D eigenvalue weighted by Gasteiger charge is 2.47. The topological polar surface area (TPSA) is 339 Å². The molecule has 5 amide bonds. The summed E-state index contributed by atoms with van der Waals surface area (Å²) in [6.07, 6.45) is -8.18. The van der Waals surface area contributed by atoms with Crippen molar-refractivity contribution in [2.45, 2.75) is 114 Å². The SMILES string of the molecule is CC(=O)N[C@H]1C(O)O[C@H](CO)[C@@H](O)[C@@H]1O[C@H](C)C(=O)N[C@@H](C)C(=O)N[C@H](CCC(=O)N[C@@H](CCC[C@@H](N)C(N)=O)C(=O)O)C(=O)O. The van der Waals surface area contributed by atoms with Crippen molar-refractivity contribution in [2.24, 2.45) is 11.5 Å². The van der Waals surface area contributed by atoms with E-state index in [9.17, 15) is 59.1 Å². The van der Waals surface area contributed by atoms with Crippen molar-refractivity contribution in [3.63, 3.8) is 0 Å². The van der Waals surface area contributed by atoms with Crippen molar-refractivity contribution < 1.29 is 68.6 Å². The smallest absolute Gasteiger partial charge is 0.326 e. The number of hydrogen-bond acceptors (Lipinski definition) is 13. The molecule has 1 unspecified atom stereocenters. The van der Waals surface area contributed by atoms with Crippen LogP contribution in [0.1, 0.15) is 52.9 Å². The summed E-state index contributed by atoms with van der Waals surface area (Å²) in [5.74, 6) is -6.94. The molecule has 1 aliphatic heterocycles. The number of hydrogen-bond donors (Lipinski definition) is 11. The molecule has 0 radical (unpaired) electrons. The summed E-state index contributed by atoms with van der Waals surface area (Å²) in [5.41, 5.74) is 10.5. The molecule has 13 N–H and O–H groups in total. The average molecular weight is 665 g/mol. The van der Waals surface area contributed by atoms with Gasteiger partial charge in [-0.3, -0.25) is 24.0 Å². The summed E-state index contributed by atoms with van der Waals surface area (Å²) in [4.78, 5) is 83.6. The number of carboxylic acid groups (broad SMARTS) is 2. The lowest BCUT2D eigenvalue weighted by atomic mass is 9.96. The van der Waals surface area contributed by atoms with Crippen LogP contribution >= 0.6 is 0 Å². The van der Waals surface area contributed by atoms with Crippen LogP contribution in [0.15, 0.2) is 0 Å². The number of carbonyl (C=O) groups is 7. The third-order valence-corrected chi connectivity index (χ3v) is 7.01. The maximum absolute atomic E-state index is 12.8. The molecule has 0 spiro atoms. The van der Waals surface area contributed by atoms with Gasteiger partial charge in [0.05, 0.1) is 12.6 Å². The van der Waals surface area contributed by atoms with Gasteiger partial charge in [-0.1, -0.05) is 0 Å². The normalized spacial score (nSPS) is 24.3. The zero-order chi connectivity index (χ0) is 35.3. The molecule has 0 aromatic carbocycles. The Morgan fingerprint density at radius 2 is 1.48 bits per heavy atom. The second kappa shape index (κ2) is 18.9. The number of amides is 5. The average Bonchev–Trinajstić information content (AvgIpc) is 2.96. The molecule has 262 valence electrons. The van der Waals surface area contributed by atoms with E-state index < -0.39 is 122 Å². The Labute approximate surface area is 263 Å². The molecule has 0 aromatic rings. The van der Waals surface area contributed by atoms with Crippen LogP contribution in [0.5, 0.6) is 0 Å². The van der Waals surface area contributed by atoms with Crippen molar-refractivity contribution in [2.75, 3.05) is 6.61 Å². The van der Waals surface area contributed by atoms with Gasteiger partial charge >= 0.3 is 11.9 Å². The molecule has 20 heteroatoms. The summed E-state index contributed by atoms with van der Waals surface area (Å²) in [5, 5.41) is 58.1. The molecule has 0 bridgehead atoms. The standard InChI is InChI=1S/C26H44N6O14/c1-10(29-23(39)11(2)45-20-18(30-12(3)34)26(44)46-16(9-33)19(20)36)22(38)32-15(25(42)43)7-8-17(35)31-14(24(40)41)6-4-5-13(27)21(28)37/h10-11,13-16,18-20,26,33,36,44H,4-9,27H2,1-3H3,(H2,28,37)(H,29,39)(H,30,34)(H,31,35)(H,32,38)(H,40,41)(H,42,43)/t10-,11+,13+,14-,15+,16+,18+,19+,20+,26?/m0/s1. The van der Waals surface area contributed by atoms with E-state index in [-0.39, 0.29) is 19.3 Å². The van der Waals surface area contributed by atoms with Gasteiger partial charge in [-0.15, -0.1) is 0 Å². The van der Waals surface area contributed by atoms with E-state index >= 15 is 0 Å². The summed E-state index contributed by atoms with van der Waals surface area (Å²) < 4.78 is 10.6. The quantitative estimate of drug-likeness (QED) is 0.0614. The lowest BCUT2D eigenvalue weighted by Crippen LogP contribution is -2.65. The summed E-state index contributed by atoms with van der Waals surface area (Å²) in [7, 11) is 0. The van der Waals surface area contributed by atoms with E-state index in [4.69, 9.17) is 20.9 Å². The first-order chi connectivity index (χ1) is 21.4. The van der Waals surface area contributed by atoms with Crippen LogP contribution in [0.2, 0.25) is 0 Å². The Hall–Kier alpha value is -3.95. The Bertz CT molecular complexity index is 1110. The molecule has 1 rings (SSSR count). The number of ether oxygens (including phenoxy) is 2. The number of aliphatic carboxylic acids is 2. The summed E-state index contributed by atoms with van der Waals surface area (Å²) in [6, 6.07) is -6.59. The number of aliphatic hydroxyl groups excluding tert-OH is 3. The largest absolute Gasteiger partial charge is 0.480 e. The maximum atomic E-state index is 12.8. The number of carboxylic acids is 2. The fraction of sp³-hybridized carbons (Fsp3) is 0.731. The van der Waals surface area contributed by atoms with Gasteiger partial charge in [0.25, 0.3) is 0 Å². The molecule has 1 heterocycles. The molecule has 1 aliphatic rings. The second-order valence-electron chi connectivity index (χ2n) is 10.8. The number of carbonyl (C=O) groups excluding carboxylic acids is 5. The highest BCUT2D eigenvalue weighted by Crippen LogP contribution is 2.23. The minimum absolute atomic E-state index is 0.0789. The highest BCUT2D eigenvalue weighted by molar-refractivity contribution is 5.91. The first-order valence-corrected chi connectivity index (χ1v) is 14.3. The van der Waals surface area contributed by atoms with Gasteiger partial charge in [-0.05, 0) is 39.5 Å². The molecular formula is C26H44N6O14. The zero-order valence-electron chi connectivity index (χ0n) is 25.6. The van der Waals surface area contributed by atoms with Crippen LogP contribution in [0.4, 0.5) is 0 Å². The third kappa shape index (κ3) is 12.8. The zero-order valence-corrected chi connectivity index (χ0v) is 25.6. The van der Waals surface area contributed by atoms with E-state index in [1.54, 1.807) is 0 Å². The van der Waals surface area contributed by atoms with Crippen LogP contribution in [-0.2, 0) is 43.0 Å². The van der Waals surface area contributed by atoms with Crippen molar-refractivity contribution in [1.29, 1.82) is 0 Å². The molecule has 1 fully saturated rings. The molecule has 0 aliphatic carbocycles. The van der Waals surface area contributed by atoms with Gasteiger partial charge in [0, 0.05) is 13.3 Å². The Morgan fingerprint density at radius 3 is 2.00 bits per heavy atom. The maximum Gasteiger partial charge on any atom is 0.326 e. The van der Waals surface area contributed by atoms with Crippen LogP contribution in [-0.4, -0.2) is 135 Å². The van der Waals surface area contributed by atoms with E-state index in [2.05, 4.69) is 21.3 Å². The van der Waals surface area contributed by atoms with Crippen LogP contribution in [0.25, 0.3) is 0 Å². The molecule has 0 aromatic heterocycles. The number of primary amides is 1. The van der Waals surface area contributed by atoms with E-state index in [1.807, 2.05) is 0 Å². The Morgan fingerprint density at radius 1 is 0.891 bits per heavy atom. The van der Waals surface area contributed by atoms with Gasteiger partial charge in [0.2, 0.25) is 29.5 Å². The molecule has 1 saturated heterocycles. The second-order valence-corrected chi connectivity index (χ2v) is 10.8. The lowest BCUT2D eigenvalue weighted by molar-refractivity contribution is -0.266. The van der Waals surface area contributed by atoms with E-state index in [0.29, 0.717) is 0 Å². The molecule has 10 atom stereocenters. The predicted octanol–water partition coefficient (Wildman–Crippen LogP) is -5.26. The third-order valence-electron chi connectivity index (χ3n) is 7.01. The first-order valence-electron chi connectivity index (χ1n) is 14.3. The van der Waals surface area contributed by atoms with Crippen LogP contribution in [0.3, 0.4) is 0 Å². The number of nitrogens with two attached hydrogens (primary N) is 2. The van der Waals surface area contributed by atoms with E-state index in [0.717, 1.165) is 6.92 Å². The van der Waals surface area contributed by atoms with Crippen LogP contribution in [0, 0.1) is 0 Å². The number of nitrogens with one attached hydrogen (secondary N) is 4. The molecule has 20 nitrogen and oxygen atoms in total. The first kappa shape index (κ1) is 40.1. The fourth-order valence-corrected chi connectivity index (χ4v) is 4.37. The summed E-state index contributed by atoms with van der Waals surface area (Å²) in [6.45, 7) is 2.87. The number of rotatable bonds is 19. The fourth-order valence-electron chi connectivity index (χ4n) is 4.37. The van der Waals surface area contributed by atoms with Gasteiger partial charge < -0.3 is 67.7 Å². The van der Waals surface area contributed by atoms with Crippen molar-refractivity contribution in [1.82, 2.24) is 21.3 Å². The van der Waals surface area contributed by atoms with Gasteiger partial charge in [0.1, 0.15) is 48.6 Å². The van der Waals surface area contributed by atoms with Gasteiger partial charge in [-0.25, -0.2) is 9.59 Å². The lowest BCUT2D eigenvalue weighted by Gasteiger charge is -2.43. The van der Waals surface area contributed by atoms with Crippen molar-refractivity contribution in [3.8, 4) is 0 Å². The van der Waals surface area contributed by atoms with E-state index in [1.165, 1.54) is 13.8 Å².